The Hall–Kier alpha value is -1.10. The fourth-order valence-corrected chi connectivity index (χ4v) is 3.16. The highest BCUT2D eigenvalue weighted by atomic mass is 16.5. The van der Waals surface area contributed by atoms with Gasteiger partial charge in [0.25, 0.3) is 0 Å². The van der Waals surface area contributed by atoms with Gasteiger partial charge in [-0.2, -0.15) is 0 Å². The number of ether oxygens (including phenoxy) is 2. The number of hydrogen-bond acceptors (Lipinski definition) is 4. The molecule has 2 atom stereocenters. The molecule has 0 amide bonds. The summed E-state index contributed by atoms with van der Waals surface area (Å²) in [5.41, 5.74) is 10.1. The number of nitrogens with two attached hydrogens (primary N) is 1. The van der Waals surface area contributed by atoms with Crippen LogP contribution >= 0.6 is 0 Å². The molecule has 2 aliphatic rings. The molecule has 2 N–H and O–H groups in total. The molecule has 0 spiro atoms. The summed E-state index contributed by atoms with van der Waals surface area (Å²) in [6.07, 6.45) is 0. The van der Waals surface area contributed by atoms with Gasteiger partial charge >= 0.3 is 0 Å². The van der Waals surface area contributed by atoms with Gasteiger partial charge in [0.05, 0.1) is 25.3 Å². The van der Waals surface area contributed by atoms with Crippen molar-refractivity contribution in [1.82, 2.24) is 4.90 Å². The van der Waals surface area contributed by atoms with Gasteiger partial charge in [0.1, 0.15) is 12.4 Å². The number of benzene rings is 1. The lowest BCUT2D eigenvalue weighted by atomic mass is 9.89. The maximum Gasteiger partial charge on any atom is 0.127 e. The molecule has 1 aromatic rings. The average molecular weight is 262 g/mol. The molecule has 104 valence electrons. The van der Waals surface area contributed by atoms with Gasteiger partial charge in [0.2, 0.25) is 0 Å². The SMILES string of the molecule is Cc1ccc(C)c2c1OCC(N)C2N1CCOCC1. The first-order chi connectivity index (χ1) is 9.18. The molecule has 0 aliphatic carbocycles. The van der Waals surface area contributed by atoms with E-state index in [9.17, 15) is 0 Å². The lowest BCUT2D eigenvalue weighted by Crippen LogP contribution is -2.50. The second-order valence-electron chi connectivity index (χ2n) is 5.51. The van der Waals surface area contributed by atoms with Crippen LogP contribution in [-0.4, -0.2) is 43.9 Å². The van der Waals surface area contributed by atoms with E-state index in [0.717, 1.165) is 32.1 Å². The molecule has 0 bridgehead atoms. The number of aryl methyl sites for hydroxylation is 2. The fourth-order valence-electron chi connectivity index (χ4n) is 3.16. The molecule has 0 radical (unpaired) electrons. The Bertz CT molecular complexity index is 469. The average Bonchev–Trinajstić information content (AvgIpc) is 2.44. The molecule has 2 unspecified atom stereocenters. The van der Waals surface area contributed by atoms with E-state index in [1.807, 2.05) is 0 Å². The Kier molecular flexibility index (Phi) is 3.48. The van der Waals surface area contributed by atoms with Crippen molar-refractivity contribution >= 4 is 0 Å². The fraction of sp³-hybridized carbons (Fsp3) is 0.600. The van der Waals surface area contributed by atoms with Crippen molar-refractivity contribution < 1.29 is 9.47 Å². The first kappa shape index (κ1) is 12.9. The van der Waals surface area contributed by atoms with Crippen LogP contribution in [0.1, 0.15) is 22.7 Å². The highest BCUT2D eigenvalue weighted by Gasteiger charge is 2.35. The summed E-state index contributed by atoms with van der Waals surface area (Å²) in [6.45, 7) is 8.34. The predicted molar refractivity (Wildman–Crippen MR) is 74.5 cm³/mol. The molecule has 2 heterocycles. The van der Waals surface area contributed by atoms with Crippen molar-refractivity contribution in [1.29, 1.82) is 0 Å². The molecule has 0 aromatic heterocycles. The zero-order chi connectivity index (χ0) is 13.4. The third kappa shape index (κ3) is 2.24. The van der Waals surface area contributed by atoms with Crippen LogP contribution in [0.2, 0.25) is 0 Å². The largest absolute Gasteiger partial charge is 0.491 e. The van der Waals surface area contributed by atoms with E-state index in [0.29, 0.717) is 6.61 Å². The number of nitrogens with zero attached hydrogens (tertiary/aromatic N) is 1. The van der Waals surface area contributed by atoms with Gasteiger partial charge < -0.3 is 15.2 Å². The quantitative estimate of drug-likeness (QED) is 0.831. The molecular weight excluding hydrogens is 240 g/mol. The molecule has 2 aliphatic heterocycles. The van der Waals surface area contributed by atoms with Gasteiger partial charge in [0.15, 0.2) is 0 Å². The lowest BCUT2D eigenvalue weighted by molar-refractivity contribution is 0.00114. The Labute approximate surface area is 114 Å². The molecule has 3 rings (SSSR count). The smallest absolute Gasteiger partial charge is 0.127 e. The van der Waals surface area contributed by atoms with E-state index < -0.39 is 0 Å². The van der Waals surface area contributed by atoms with Gasteiger partial charge in [0, 0.05) is 18.7 Å². The zero-order valence-corrected chi connectivity index (χ0v) is 11.7. The maximum absolute atomic E-state index is 6.34. The minimum Gasteiger partial charge on any atom is -0.491 e. The molecule has 19 heavy (non-hydrogen) atoms. The normalized spacial score (nSPS) is 27.7. The Morgan fingerprint density at radius 1 is 1.16 bits per heavy atom. The van der Waals surface area contributed by atoms with E-state index in [1.54, 1.807) is 0 Å². The highest BCUT2D eigenvalue weighted by Crippen LogP contribution is 2.40. The number of fused-ring (bicyclic) bond motifs is 1. The maximum atomic E-state index is 6.34. The monoisotopic (exact) mass is 262 g/mol. The van der Waals surface area contributed by atoms with Gasteiger partial charge in [-0.05, 0) is 25.0 Å². The Balaban J connectivity index is 2.02. The zero-order valence-electron chi connectivity index (χ0n) is 11.7. The van der Waals surface area contributed by atoms with E-state index in [2.05, 4.69) is 30.9 Å². The van der Waals surface area contributed by atoms with E-state index >= 15 is 0 Å². The second kappa shape index (κ2) is 5.12. The van der Waals surface area contributed by atoms with Gasteiger partial charge in [-0.15, -0.1) is 0 Å². The highest BCUT2D eigenvalue weighted by molar-refractivity contribution is 5.49. The lowest BCUT2D eigenvalue weighted by Gasteiger charge is -2.42. The number of hydrogen-bond donors (Lipinski definition) is 1. The first-order valence-corrected chi connectivity index (χ1v) is 6.99. The van der Waals surface area contributed by atoms with Crippen molar-refractivity contribution in [2.24, 2.45) is 5.73 Å². The standard InChI is InChI=1S/C15H22N2O2/c1-10-3-4-11(2)15-13(10)14(12(16)9-19-15)17-5-7-18-8-6-17/h3-4,12,14H,5-9,16H2,1-2H3. The van der Waals surface area contributed by atoms with Gasteiger partial charge in [-0.3, -0.25) is 4.90 Å². The van der Waals surface area contributed by atoms with Crippen LogP contribution in [0.3, 0.4) is 0 Å². The summed E-state index contributed by atoms with van der Waals surface area (Å²) >= 11 is 0. The van der Waals surface area contributed by atoms with E-state index in [-0.39, 0.29) is 12.1 Å². The summed E-state index contributed by atoms with van der Waals surface area (Å²) in [5.74, 6) is 1.04. The minimum absolute atomic E-state index is 0.0334. The van der Waals surface area contributed by atoms with Crippen molar-refractivity contribution in [3.8, 4) is 5.75 Å². The van der Waals surface area contributed by atoms with Crippen LogP contribution in [0, 0.1) is 13.8 Å². The molecule has 1 aromatic carbocycles. The molecule has 4 heteroatoms. The third-order valence-corrected chi connectivity index (χ3v) is 4.17. The predicted octanol–water partition coefficient (Wildman–Crippen LogP) is 1.40. The summed E-state index contributed by atoms with van der Waals surface area (Å²) in [5, 5.41) is 0. The first-order valence-electron chi connectivity index (χ1n) is 6.99. The molecule has 4 nitrogen and oxygen atoms in total. The minimum atomic E-state index is 0.0334. The molecule has 0 saturated carbocycles. The van der Waals surface area contributed by atoms with Crippen LogP contribution in [0.5, 0.6) is 5.75 Å². The van der Waals surface area contributed by atoms with Crippen molar-refractivity contribution in [2.75, 3.05) is 32.9 Å². The summed E-state index contributed by atoms with van der Waals surface area (Å²) in [6, 6.07) is 4.59. The molecular formula is C15H22N2O2. The van der Waals surface area contributed by atoms with Crippen molar-refractivity contribution in [3.63, 3.8) is 0 Å². The Morgan fingerprint density at radius 2 is 1.84 bits per heavy atom. The topological polar surface area (TPSA) is 47.7 Å². The number of morpholine rings is 1. The van der Waals surface area contributed by atoms with E-state index in [1.165, 1.54) is 16.7 Å². The van der Waals surface area contributed by atoms with Crippen LogP contribution in [0.15, 0.2) is 12.1 Å². The number of rotatable bonds is 1. The van der Waals surface area contributed by atoms with Gasteiger partial charge in [-0.1, -0.05) is 12.1 Å². The molecule has 1 fully saturated rings. The van der Waals surface area contributed by atoms with E-state index in [4.69, 9.17) is 15.2 Å². The molecule has 1 saturated heterocycles. The van der Waals surface area contributed by atoms with Crippen LogP contribution < -0.4 is 10.5 Å². The third-order valence-electron chi connectivity index (χ3n) is 4.17. The second-order valence-corrected chi connectivity index (χ2v) is 5.51. The van der Waals surface area contributed by atoms with Crippen molar-refractivity contribution in [3.05, 3.63) is 28.8 Å². The van der Waals surface area contributed by atoms with Crippen LogP contribution in [0.25, 0.3) is 0 Å². The van der Waals surface area contributed by atoms with Crippen LogP contribution in [0.4, 0.5) is 0 Å². The Morgan fingerprint density at radius 3 is 2.58 bits per heavy atom. The summed E-state index contributed by atoms with van der Waals surface area (Å²) < 4.78 is 11.3. The van der Waals surface area contributed by atoms with Gasteiger partial charge in [-0.25, -0.2) is 0 Å². The van der Waals surface area contributed by atoms with Crippen LogP contribution in [-0.2, 0) is 4.74 Å². The summed E-state index contributed by atoms with van der Waals surface area (Å²) in [7, 11) is 0. The summed E-state index contributed by atoms with van der Waals surface area (Å²) in [4.78, 5) is 2.45. The van der Waals surface area contributed by atoms with Crippen molar-refractivity contribution in [2.45, 2.75) is 25.9 Å².